The van der Waals surface area contributed by atoms with Crippen LogP contribution in [0, 0.1) is 20.8 Å². The number of hydrogen-bond acceptors (Lipinski definition) is 4. The van der Waals surface area contributed by atoms with Gasteiger partial charge in [-0.25, -0.2) is 9.97 Å². The van der Waals surface area contributed by atoms with E-state index in [0.29, 0.717) is 24.7 Å². The Labute approximate surface area is 137 Å². The van der Waals surface area contributed by atoms with Crippen LogP contribution in [0.15, 0.2) is 24.3 Å². The fourth-order valence-electron chi connectivity index (χ4n) is 2.41. The Morgan fingerprint density at radius 2 is 1.83 bits per heavy atom. The fourth-order valence-corrected chi connectivity index (χ4v) is 2.41. The van der Waals surface area contributed by atoms with Crippen LogP contribution in [0.5, 0.6) is 0 Å². The molecule has 23 heavy (non-hydrogen) atoms. The Morgan fingerprint density at radius 1 is 1.13 bits per heavy atom. The number of aryl methyl sites for hydroxylation is 2. The minimum atomic E-state index is -0.0653. The number of amides is 1. The van der Waals surface area contributed by atoms with Gasteiger partial charge in [0.15, 0.2) is 0 Å². The van der Waals surface area contributed by atoms with Crippen LogP contribution in [0.1, 0.15) is 41.2 Å². The van der Waals surface area contributed by atoms with E-state index >= 15 is 0 Å². The zero-order chi connectivity index (χ0) is 17.0. The molecule has 1 amide bonds. The van der Waals surface area contributed by atoms with Gasteiger partial charge < -0.3 is 10.2 Å². The molecular weight excluding hydrogens is 288 g/mol. The number of hydrogen-bond donors (Lipinski definition) is 1. The molecule has 0 saturated heterocycles. The Morgan fingerprint density at radius 3 is 2.48 bits per heavy atom. The molecule has 0 radical (unpaired) electrons. The quantitative estimate of drug-likeness (QED) is 0.916. The summed E-state index contributed by atoms with van der Waals surface area (Å²) in [5.74, 6) is 0.388. The third kappa shape index (κ3) is 3.86. The predicted octanol–water partition coefficient (Wildman–Crippen LogP) is 3.63. The first kappa shape index (κ1) is 16.9. The Bertz CT molecular complexity index is 708. The van der Waals surface area contributed by atoms with Gasteiger partial charge in [-0.1, -0.05) is 12.1 Å². The second-order valence-corrected chi connectivity index (χ2v) is 5.57. The number of rotatable bonds is 5. The van der Waals surface area contributed by atoms with Crippen LogP contribution >= 0.6 is 0 Å². The maximum Gasteiger partial charge on any atom is 0.272 e. The van der Waals surface area contributed by atoms with Gasteiger partial charge in [-0.05, 0) is 57.9 Å². The van der Waals surface area contributed by atoms with E-state index in [4.69, 9.17) is 0 Å². The van der Waals surface area contributed by atoms with Crippen molar-refractivity contribution in [2.45, 2.75) is 34.6 Å². The highest BCUT2D eigenvalue weighted by molar-refractivity contribution is 5.92. The zero-order valence-electron chi connectivity index (χ0n) is 14.5. The zero-order valence-corrected chi connectivity index (χ0v) is 14.5. The van der Waals surface area contributed by atoms with Crippen LogP contribution in [0.3, 0.4) is 0 Å². The van der Waals surface area contributed by atoms with Gasteiger partial charge in [-0.3, -0.25) is 4.79 Å². The van der Waals surface area contributed by atoms with Crippen molar-refractivity contribution in [1.29, 1.82) is 0 Å². The summed E-state index contributed by atoms with van der Waals surface area (Å²) in [6.45, 7) is 11.2. The lowest BCUT2D eigenvalue weighted by Gasteiger charge is -2.18. The molecule has 1 heterocycles. The number of aromatic nitrogens is 2. The Balaban J connectivity index is 2.34. The third-order valence-electron chi connectivity index (χ3n) is 3.98. The van der Waals surface area contributed by atoms with Crippen molar-refractivity contribution in [3.05, 3.63) is 46.8 Å². The van der Waals surface area contributed by atoms with E-state index in [1.54, 1.807) is 11.0 Å². The highest BCUT2D eigenvalue weighted by atomic mass is 16.2. The molecule has 0 fully saturated rings. The molecule has 1 aromatic heterocycles. The standard InChI is InChI=1S/C18H24N4O/c1-6-22(7-2)17(23)16-11-13(4)19-18(21-16)20-15-10-8-9-12(3)14(15)5/h8-11H,6-7H2,1-5H3,(H,19,20,21). The third-order valence-corrected chi connectivity index (χ3v) is 3.98. The number of carbonyl (C=O) groups is 1. The molecule has 2 aromatic rings. The first-order chi connectivity index (χ1) is 11.0. The summed E-state index contributed by atoms with van der Waals surface area (Å²) in [6, 6.07) is 7.77. The molecule has 0 saturated carbocycles. The largest absolute Gasteiger partial charge is 0.338 e. The number of nitrogens with one attached hydrogen (secondary N) is 1. The molecule has 2 rings (SSSR count). The van der Waals surface area contributed by atoms with Crippen molar-refractivity contribution in [3.63, 3.8) is 0 Å². The van der Waals surface area contributed by atoms with E-state index in [0.717, 1.165) is 16.9 Å². The smallest absolute Gasteiger partial charge is 0.272 e. The molecule has 0 spiro atoms. The molecule has 0 aliphatic heterocycles. The molecule has 0 aliphatic rings. The van der Waals surface area contributed by atoms with Crippen molar-refractivity contribution in [2.75, 3.05) is 18.4 Å². The normalized spacial score (nSPS) is 10.5. The van der Waals surface area contributed by atoms with Crippen LogP contribution in [0.25, 0.3) is 0 Å². The summed E-state index contributed by atoms with van der Waals surface area (Å²) in [5, 5.41) is 3.23. The van der Waals surface area contributed by atoms with Crippen LogP contribution in [0.4, 0.5) is 11.6 Å². The second kappa shape index (κ2) is 7.22. The van der Waals surface area contributed by atoms with Gasteiger partial charge in [0.2, 0.25) is 5.95 Å². The lowest BCUT2D eigenvalue weighted by molar-refractivity contribution is 0.0767. The van der Waals surface area contributed by atoms with Gasteiger partial charge in [0, 0.05) is 24.5 Å². The summed E-state index contributed by atoms with van der Waals surface area (Å²) < 4.78 is 0. The summed E-state index contributed by atoms with van der Waals surface area (Å²) in [7, 11) is 0. The molecular formula is C18H24N4O. The Kier molecular flexibility index (Phi) is 5.32. The molecule has 0 bridgehead atoms. The number of nitrogens with zero attached hydrogens (tertiary/aromatic N) is 3. The monoisotopic (exact) mass is 312 g/mol. The molecule has 1 N–H and O–H groups in total. The summed E-state index contributed by atoms with van der Waals surface area (Å²) in [6.07, 6.45) is 0. The fraction of sp³-hybridized carbons (Fsp3) is 0.389. The minimum Gasteiger partial charge on any atom is -0.338 e. The first-order valence-electron chi connectivity index (χ1n) is 7.94. The summed E-state index contributed by atoms with van der Waals surface area (Å²) >= 11 is 0. The average Bonchev–Trinajstić information content (AvgIpc) is 2.52. The van der Waals surface area contributed by atoms with Crippen LogP contribution in [0.2, 0.25) is 0 Å². The SMILES string of the molecule is CCN(CC)C(=O)c1cc(C)nc(Nc2cccc(C)c2C)n1. The number of carbonyl (C=O) groups excluding carboxylic acids is 1. The van der Waals surface area contributed by atoms with Gasteiger partial charge in [0.25, 0.3) is 5.91 Å². The minimum absolute atomic E-state index is 0.0653. The van der Waals surface area contributed by atoms with E-state index in [9.17, 15) is 4.79 Å². The van der Waals surface area contributed by atoms with Crippen molar-refractivity contribution in [2.24, 2.45) is 0 Å². The molecule has 122 valence electrons. The van der Waals surface area contributed by atoms with Crippen LogP contribution in [-0.2, 0) is 0 Å². The highest BCUT2D eigenvalue weighted by Crippen LogP contribution is 2.21. The maximum absolute atomic E-state index is 12.5. The number of benzene rings is 1. The van der Waals surface area contributed by atoms with Gasteiger partial charge in [0.05, 0.1) is 0 Å². The Hall–Kier alpha value is -2.43. The van der Waals surface area contributed by atoms with Crippen LogP contribution in [-0.4, -0.2) is 33.9 Å². The van der Waals surface area contributed by atoms with Crippen molar-refractivity contribution >= 4 is 17.5 Å². The maximum atomic E-state index is 12.5. The molecule has 0 atom stereocenters. The predicted molar refractivity (Wildman–Crippen MR) is 93.2 cm³/mol. The van der Waals surface area contributed by atoms with Gasteiger partial charge >= 0.3 is 0 Å². The van der Waals surface area contributed by atoms with Crippen molar-refractivity contribution in [1.82, 2.24) is 14.9 Å². The van der Waals surface area contributed by atoms with Gasteiger partial charge in [-0.2, -0.15) is 0 Å². The first-order valence-corrected chi connectivity index (χ1v) is 7.94. The van der Waals surface area contributed by atoms with E-state index in [-0.39, 0.29) is 5.91 Å². The lowest BCUT2D eigenvalue weighted by atomic mass is 10.1. The highest BCUT2D eigenvalue weighted by Gasteiger charge is 2.16. The van der Waals surface area contributed by atoms with E-state index < -0.39 is 0 Å². The van der Waals surface area contributed by atoms with Gasteiger partial charge in [0.1, 0.15) is 5.69 Å². The summed E-state index contributed by atoms with van der Waals surface area (Å²) in [4.78, 5) is 23.0. The van der Waals surface area contributed by atoms with E-state index in [2.05, 4.69) is 35.2 Å². The molecule has 5 heteroatoms. The van der Waals surface area contributed by atoms with Crippen molar-refractivity contribution < 1.29 is 4.79 Å². The molecule has 1 aromatic carbocycles. The van der Waals surface area contributed by atoms with E-state index in [1.165, 1.54) is 5.56 Å². The molecule has 0 aliphatic carbocycles. The second-order valence-electron chi connectivity index (χ2n) is 5.57. The average molecular weight is 312 g/mol. The topological polar surface area (TPSA) is 58.1 Å². The van der Waals surface area contributed by atoms with Crippen molar-refractivity contribution in [3.8, 4) is 0 Å². The number of anilines is 2. The molecule has 0 unspecified atom stereocenters. The van der Waals surface area contributed by atoms with E-state index in [1.807, 2.05) is 32.9 Å². The lowest BCUT2D eigenvalue weighted by Crippen LogP contribution is -2.31. The molecule has 5 nitrogen and oxygen atoms in total. The van der Waals surface area contributed by atoms with Gasteiger partial charge in [-0.15, -0.1) is 0 Å². The summed E-state index contributed by atoms with van der Waals surface area (Å²) in [5.41, 5.74) is 4.49. The van der Waals surface area contributed by atoms with Crippen LogP contribution < -0.4 is 5.32 Å².